The largest absolute Gasteiger partial charge is 0.481 e. The minimum absolute atomic E-state index is 0.0424. The lowest BCUT2D eigenvalue weighted by Gasteiger charge is -2.33. The molecule has 1 aliphatic rings. The molecule has 128 valence electrons. The molecule has 0 aromatic carbocycles. The van der Waals surface area contributed by atoms with Crippen molar-refractivity contribution in [1.29, 1.82) is 0 Å². The van der Waals surface area contributed by atoms with E-state index in [0.717, 1.165) is 11.3 Å². The number of carbonyl (C=O) groups excluding carboxylic acids is 1. The molecule has 0 spiro atoms. The number of carboxylic acid groups (broad SMARTS) is 1. The Kier molecular flexibility index (Phi) is 6.01. The van der Waals surface area contributed by atoms with E-state index in [2.05, 4.69) is 0 Å². The molecule has 0 aliphatic carbocycles. The van der Waals surface area contributed by atoms with Gasteiger partial charge in [-0.1, -0.05) is 11.6 Å². The van der Waals surface area contributed by atoms with E-state index in [9.17, 15) is 18.0 Å². The molecule has 1 aliphatic heterocycles. The Morgan fingerprint density at radius 1 is 1.17 bits per heavy atom. The van der Waals surface area contributed by atoms with Gasteiger partial charge in [0.1, 0.15) is 4.21 Å². The molecule has 7 nitrogen and oxygen atoms in total. The van der Waals surface area contributed by atoms with Gasteiger partial charge in [0, 0.05) is 39.0 Å². The van der Waals surface area contributed by atoms with Crippen LogP contribution in [0.25, 0.3) is 0 Å². The van der Waals surface area contributed by atoms with E-state index in [4.69, 9.17) is 16.7 Å². The number of rotatable bonds is 6. The first kappa shape index (κ1) is 18.2. The van der Waals surface area contributed by atoms with Crippen molar-refractivity contribution in [3.8, 4) is 0 Å². The summed E-state index contributed by atoms with van der Waals surface area (Å²) in [6.45, 7) is 1.07. The van der Waals surface area contributed by atoms with Crippen LogP contribution >= 0.6 is 22.9 Å². The fraction of sp³-hybridized carbons (Fsp3) is 0.538. The summed E-state index contributed by atoms with van der Waals surface area (Å²) >= 11 is 6.79. The summed E-state index contributed by atoms with van der Waals surface area (Å²) in [7, 11) is -3.57. The number of sulfonamides is 1. The van der Waals surface area contributed by atoms with Crippen LogP contribution in [0, 0.1) is 0 Å². The number of hydrogen-bond donors (Lipinski definition) is 1. The lowest BCUT2D eigenvalue weighted by atomic mass is 10.2. The first-order chi connectivity index (χ1) is 10.8. The molecule has 0 saturated carbocycles. The van der Waals surface area contributed by atoms with Gasteiger partial charge in [0.25, 0.3) is 10.0 Å². The van der Waals surface area contributed by atoms with Crippen LogP contribution in [0.1, 0.15) is 19.3 Å². The normalized spacial score (nSPS) is 16.5. The van der Waals surface area contributed by atoms with Crippen molar-refractivity contribution in [3.63, 3.8) is 0 Å². The van der Waals surface area contributed by atoms with Crippen molar-refractivity contribution in [2.45, 2.75) is 23.5 Å². The van der Waals surface area contributed by atoms with Crippen molar-refractivity contribution in [1.82, 2.24) is 9.21 Å². The van der Waals surface area contributed by atoms with Crippen LogP contribution < -0.4 is 0 Å². The second-order valence-corrected chi connectivity index (χ2v) is 8.97. The van der Waals surface area contributed by atoms with E-state index in [0.29, 0.717) is 23.8 Å². The van der Waals surface area contributed by atoms with Crippen molar-refractivity contribution >= 4 is 44.8 Å². The Morgan fingerprint density at radius 3 is 2.35 bits per heavy atom. The number of thiophene rings is 1. The molecule has 0 unspecified atom stereocenters. The molecular weight excluding hydrogens is 364 g/mol. The zero-order chi connectivity index (χ0) is 17.0. The highest BCUT2D eigenvalue weighted by Gasteiger charge is 2.30. The lowest BCUT2D eigenvalue weighted by Crippen LogP contribution is -2.50. The molecule has 2 rings (SSSR count). The highest BCUT2D eigenvalue weighted by Crippen LogP contribution is 2.28. The van der Waals surface area contributed by atoms with Crippen molar-refractivity contribution in [2.75, 3.05) is 26.2 Å². The molecule has 0 bridgehead atoms. The molecule has 1 amide bonds. The minimum Gasteiger partial charge on any atom is -0.481 e. The smallest absolute Gasteiger partial charge is 0.303 e. The van der Waals surface area contributed by atoms with E-state index in [-0.39, 0.29) is 36.0 Å². The van der Waals surface area contributed by atoms with Crippen molar-refractivity contribution in [3.05, 3.63) is 16.5 Å². The van der Waals surface area contributed by atoms with Crippen molar-refractivity contribution < 1.29 is 23.1 Å². The Hall–Kier alpha value is -1.16. The summed E-state index contributed by atoms with van der Waals surface area (Å²) in [5, 5.41) is 8.56. The summed E-state index contributed by atoms with van der Waals surface area (Å²) in [6, 6.07) is 3.02. The number of aliphatic carboxylic acids is 1. The number of amides is 1. The van der Waals surface area contributed by atoms with E-state index in [1.165, 1.54) is 10.4 Å². The van der Waals surface area contributed by atoms with Crippen molar-refractivity contribution in [2.24, 2.45) is 0 Å². The van der Waals surface area contributed by atoms with E-state index >= 15 is 0 Å². The molecule has 1 aromatic heterocycles. The zero-order valence-corrected chi connectivity index (χ0v) is 14.7. The number of carbonyl (C=O) groups is 2. The van der Waals surface area contributed by atoms with Gasteiger partial charge in [0.15, 0.2) is 0 Å². The zero-order valence-electron chi connectivity index (χ0n) is 12.3. The van der Waals surface area contributed by atoms with Crippen LogP contribution in [-0.4, -0.2) is 60.8 Å². The van der Waals surface area contributed by atoms with Gasteiger partial charge >= 0.3 is 5.97 Å². The predicted molar refractivity (Wildman–Crippen MR) is 86.2 cm³/mol. The second-order valence-electron chi connectivity index (χ2n) is 5.09. The molecule has 23 heavy (non-hydrogen) atoms. The average Bonchev–Trinajstić information content (AvgIpc) is 2.94. The standard InChI is InChI=1S/C13H17ClN2O5S2/c14-10-4-5-13(22-10)23(20,21)16-8-6-15(7-9-16)11(17)2-1-3-12(18)19/h4-5H,1-3,6-9H2,(H,18,19). The summed E-state index contributed by atoms with van der Waals surface area (Å²) in [5.74, 6) is -1.06. The third-order valence-corrected chi connectivity index (χ3v) is 7.11. The Morgan fingerprint density at radius 2 is 1.83 bits per heavy atom. The topological polar surface area (TPSA) is 95.0 Å². The molecule has 1 fully saturated rings. The van der Waals surface area contributed by atoms with E-state index < -0.39 is 16.0 Å². The number of nitrogens with zero attached hydrogens (tertiary/aromatic N) is 2. The quantitative estimate of drug-likeness (QED) is 0.806. The molecule has 1 aromatic rings. The van der Waals surface area contributed by atoms with Crippen LogP contribution in [0.4, 0.5) is 0 Å². The monoisotopic (exact) mass is 380 g/mol. The molecule has 0 atom stereocenters. The van der Waals surface area contributed by atoms with Crippen LogP contribution in [0.2, 0.25) is 4.34 Å². The SMILES string of the molecule is O=C(O)CCCC(=O)N1CCN(S(=O)(=O)c2ccc(Cl)s2)CC1. The maximum absolute atomic E-state index is 12.4. The summed E-state index contributed by atoms with van der Waals surface area (Å²) in [4.78, 5) is 24.0. The first-order valence-corrected chi connectivity index (χ1v) is 9.69. The summed E-state index contributed by atoms with van der Waals surface area (Å²) < 4.78 is 26.8. The van der Waals surface area contributed by atoms with Gasteiger partial charge in [-0.25, -0.2) is 8.42 Å². The highest BCUT2D eigenvalue weighted by molar-refractivity contribution is 7.91. The fourth-order valence-corrected chi connectivity index (χ4v) is 5.35. The fourth-order valence-electron chi connectivity index (χ4n) is 2.29. The molecular formula is C13H17ClN2O5S2. The van der Waals surface area contributed by atoms with E-state index in [1.807, 2.05) is 0 Å². The van der Waals surface area contributed by atoms with Crippen LogP contribution in [0.15, 0.2) is 16.3 Å². The van der Waals surface area contributed by atoms with Gasteiger partial charge in [-0.2, -0.15) is 4.31 Å². The average molecular weight is 381 g/mol. The summed E-state index contributed by atoms with van der Waals surface area (Å²) in [5.41, 5.74) is 0. The molecule has 1 saturated heterocycles. The third-order valence-electron chi connectivity index (χ3n) is 3.52. The summed E-state index contributed by atoms with van der Waals surface area (Å²) in [6.07, 6.45) is 0.416. The van der Waals surface area contributed by atoms with Gasteiger partial charge in [0.2, 0.25) is 5.91 Å². The lowest BCUT2D eigenvalue weighted by molar-refractivity contribution is -0.137. The maximum Gasteiger partial charge on any atom is 0.303 e. The van der Waals surface area contributed by atoms with Crippen LogP contribution in [0.3, 0.4) is 0 Å². The third kappa shape index (κ3) is 4.66. The number of piperazine rings is 1. The Bertz CT molecular complexity index is 680. The molecule has 0 radical (unpaired) electrons. The Labute approximate surface area is 143 Å². The molecule has 2 heterocycles. The highest BCUT2D eigenvalue weighted by atomic mass is 35.5. The van der Waals surface area contributed by atoms with Gasteiger partial charge in [-0.3, -0.25) is 9.59 Å². The van der Waals surface area contributed by atoms with Gasteiger partial charge in [-0.15, -0.1) is 11.3 Å². The number of halogens is 1. The minimum atomic E-state index is -3.57. The number of hydrogen-bond acceptors (Lipinski definition) is 5. The maximum atomic E-state index is 12.4. The van der Waals surface area contributed by atoms with Gasteiger partial charge in [0.05, 0.1) is 4.34 Å². The molecule has 1 N–H and O–H groups in total. The molecule has 10 heteroatoms. The van der Waals surface area contributed by atoms with Crippen LogP contribution in [-0.2, 0) is 19.6 Å². The first-order valence-electron chi connectivity index (χ1n) is 7.06. The second kappa shape index (κ2) is 7.61. The Balaban J connectivity index is 1.88. The predicted octanol–water partition coefficient (Wildman–Crippen LogP) is 1.49. The number of carboxylic acids is 1. The van der Waals surface area contributed by atoms with Gasteiger partial charge < -0.3 is 10.0 Å². The van der Waals surface area contributed by atoms with Gasteiger partial charge in [-0.05, 0) is 18.6 Å². The van der Waals surface area contributed by atoms with Crippen LogP contribution in [0.5, 0.6) is 0 Å². The van der Waals surface area contributed by atoms with E-state index in [1.54, 1.807) is 11.0 Å².